The molecule has 0 aromatic rings. The average molecular weight is 139 g/mol. The fourth-order valence-corrected chi connectivity index (χ4v) is 0.338. The summed E-state index contributed by atoms with van der Waals surface area (Å²) in [4.78, 5) is 0. The zero-order valence-corrected chi connectivity index (χ0v) is 5.26. The molecule has 0 atom stereocenters. The molecule has 0 aromatic heterocycles. The molecule has 3 heteroatoms. The molecular formula is C6H3ClN2. The second-order valence-electron chi connectivity index (χ2n) is 1.12. The van der Waals surface area contributed by atoms with Gasteiger partial charge in [-0.25, -0.2) is 0 Å². The number of nitriles is 2. The summed E-state index contributed by atoms with van der Waals surface area (Å²) in [6.07, 6.45) is 3.70. The van der Waals surface area contributed by atoms with Crippen molar-refractivity contribution in [3.63, 3.8) is 0 Å². The number of hydrogen-bond acceptors (Lipinski definition) is 2. The maximum absolute atomic E-state index is 8.01. The third kappa shape index (κ3) is 4.61. The van der Waals surface area contributed by atoms with Crippen molar-refractivity contribution in [2.75, 3.05) is 0 Å². The van der Waals surface area contributed by atoms with E-state index in [9.17, 15) is 0 Å². The second kappa shape index (κ2) is 4.90. The van der Waals surface area contributed by atoms with Crippen molar-refractivity contribution in [1.82, 2.24) is 0 Å². The maximum Gasteiger partial charge on any atom is 0.0927 e. The summed E-state index contributed by atoms with van der Waals surface area (Å²) in [6, 6.07) is 3.46. The molecule has 0 aliphatic heterocycles. The zero-order valence-electron chi connectivity index (χ0n) is 4.50. The van der Waals surface area contributed by atoms with Gasteiger partial charge < -0.3 is 0 Å². The molecular weight excluding hydrogens is 136 g/mol. The molecule has 0 spiro atoms. The Labute approximate surface area is 58.3 Å². The summed E-state index contributed by atoms with van der Waals surface area (Å²) in [7, 11) is 0. The largest absolute Gasteiger partial charge is 0.193 e. The first kappa shape index (κ1) is 7.75. The lowest BCUT2D eigenvalue weighted by molar-refractivity contribution is 1.52. The Morgan fingerprint density at radius 3 is 2.44 bits per heavy atom. The Morgan fingerprint density at radius 2 is 2.00 bits per heavy atom. The molecule has 0 aliphatic carbocycles. The molecule has 2 nitrogen and oxygen atoms in total. The van der Waals surface area contributed by atoms with Crippen LogP contribution in [0.2, 0.25) is 0 Å². The lowest BCUT2D eigenvalue weighted by Crippen LogP contribution is -1.58. The molecule has 0 aromatic carbocycles. The van der Waals surface area contributed by atoms with Crippen LogP contribution in [0, 0.1) is 22.7 Å². The van der Waals surface area contributed by atoms with Crippen LogP contribution in [-0.2, 0) is 0 Å². The summed E-state index contributed by atoms with van der Waals surface area (Å²) in [5, 5.41) is 16.2. The predicted octanol–water partition coefficient (Wildman–Crippen LogP) is 1.71. The van der Waals surface area contributed by atoms with Gasteiger partial charge in [0.15, 0.2) is 0 Å². The SMILES string of the molecule is N#CC=CC(Cl)=CC#N. The van der Waals surface area contributed by atoms with E-state index >= 15 is 0 Å². The van der Waals surface area contributed by atoms with Crippen molar-refractivity contribution in [3.8, 4) is 12.1 Å². The molecule has 0 saturated carbocycles. The van der Waals surface area contributed by atoms with Gasteiger partial charge in [-0.2, -0.15) is 10.5 Å². The van der Waals surface area contributed by atoms with Crippen LogP contribution in [0.3, 0.4) is 0 Å². The third-order valence-corrected chi connectivity index (χ3v) is 0.755. The molecule has 0 aliphatic rings. The fourth-order valence-electron chi connectivity index (χ4n) is 0.227. The highest BCUT2D eigenvalue weighted by atomic mass is 35.5. The molecule has 0 saturated heterocycles. The van der Waals surface area contributed by atoms with Crippen molar-refractivity contribution in [2.24, 2.45) is 0 Å². The summed E-state index contributed by atoms with van der Waals surface area (Å²) in [5.41, 5.74) is 0. The molecule has 0 fully saturated rings. The zero-order chi connectivity index (χ0) is 7.11. The summed E-state index contributed by atoms with van der Waals surface area (Å²) >= 11 is 5.36. The Hall–Kier alpha value is -1.25. The highest BCUT2D eigenvalue weighted by Gasteiger charge is 1.79. The van der Waals surface area contributed by atoms with E-state index in [-0.39, 0.29) is 5.03 Å². The van der Waals surface area contributed by atoms with Gasteiger partial charge in [-0.05, 0) is 6.08 Å². The van der Waals surface area contributed by atoms with Gasteiger partial charge in [0.1, 0.15) is 0 Å². The van der Waals surface area contributed by atoms with Gasteiger partial charge in [-0.15, -0.1) is 0 Å². The molecule has 0 unspecified atom stereocenters. The van der Waals surface area contributed by atoms with E-state index in [0.29, 0.717) is 0 Å². The van der Waals surface area contributed by atoms with Gasteiger partial charge >= 0.3 is 0 Å². The number of hydrogen-bond donors (Lipinski definition) is 0. The molecule has 9 heavy (non-hydrogen) atoms. The maximum atomic E-state index is 8.01. The average Bonchev–Trinajstić information content (AvgIpc) is 1.85. The second-order valence-corrected chi connectivity index (χ2v) is 1.56. The summed E-state index contributed by atoms with van der Waals surface area (Å²) in [6.45, 7) is 0. The van der Waals surface area contributed by atoms with E-state index < -0.39 is 0 Å². The molecule has 0 rings (SSSR count). The van der Waals surface area contributed by atoms with Gasteiger partial charge in [0.25, 0.3) is 0 Å². The molecule has 0 amide bonds. The smallest absolute Gasteiger partial charge is 0.0927 e. The number of rotatable bonds is 1. The standard InChI is InChI=1S/C6H3ClN2/c7-6(3-5-9)2-1-4-8/h1-3H. The molecule has 0 N–H and O–H groups in total. The number of allylic oxidation sites excluding steroid dienone is 4. The van der Waals surface area contributed by atoms with Gasteiger partial charge in [0.2, 0.25) is 0 Å². The van der Waals surface area contributed by atoms with E-state index in [1.807, 2.05) is 0 Å². The summed E-state index contributed by atoms with van der Waals surface area (Å²) < 4.78 is 0. The number of halogens is 1. The molecule has 0 radical (unpaired) electrons. The Morgan fingerprint density at radius 1 is 1.33 bits per heavy atom. The Bertz CT molecular complexity index is 214. The minimum atomic E-state index is 0.263. The van der Waals surface area contributed by atoms with E-state index in [2.05, 4.69) is 0 Å². The van der Waals surface area contributed by atoms with E-state index in [1.54, 1.807) is 12.1 Å². The van der Waals surface area contributed by atoms with Gasteiger partial charge in [-0.1, -0.05) is 11.6 Å². The highest BCUT2D eigenvalue weighted by molar-refractivity contribution is 6.31. The first-order valence-corrected chi connectivity index (χ1v) is 2.50. The van der Waals surface area contributed by atoms with Crippen molar-refractivity contribution in [3.05, 3.63) is 23.3 Å². The topological polar surface area (TPSA) is 47.6 Å². The van der Waals surface area contributed by atoms with E-state index in [0.717, 1.165) is 6.08 Å². The highest BCUT2D eigenvalue weighted by Crippen LogP contribution is 2.00. The monoisotopic (exact) mass is 138 g/mol. The van der Waals surface area contributed by atoms with E-state index in [1.165, 1.54) is 12.2 Å². The van der Waals surface area contributed by atoms with Crippen LogP contribution in [0.4, 0.5) is 0 Å². The lowest BCUT2D eigenvalue weighted by atomic mass is 10.4. The molecule has 0 bridgehead atoms. The van der Waals surface area contributed by atoms with Crippen LogP contribution in [-0.4, -0.2) is 0 Å². The van der Waals surface area contributed by atoms with E-state index in [4.69, 9.17) is 22.1 Å². The minimum Gasteiger partial charge on any atom is -0.193 e. The quantitative estimate of drug-likeness (QED) is 0.409. The van der Waals surface area contributed by atoms with Gasteiger partial charge in [-0.3, -0.25) is 0 Å². The molecule has 44 valence electrons. The van der Waals surface area contributed by atoms with Crippen LogP contribution in [0.15, 0.2) is 23.3 Å². The third-order valence-electron chi connectivity index (χ3n) is 0.520. The van der Waals surface area contributed by atoms with Crippen LogP contribution < -0.4 is 0 Å². The van der Waals surface area contributed by atoms with Crippen LogP contribution in [0.5, 0.6) is 0 Å². The van der Waals surface area contributed by atoms with Gasteiger partial charge in [0, 0.05) is 12.2 Å². The van der Waals surface area contributed by atoms with Crippen molar-refractivity contribution in [2.45, 2.75) is 0 Å². The van der Waals surface area contributed by atoms with Crippen LogP contribution in [0.1, 0.15) is 0 Å². The molecule has 0 heterocycles. The first-order valence-electron chi connectivity index (χ1n) is 2.12. The van der Waals surface area contributed by atoms with Gasteiger partial charge in [0.05, 0.1) is 17.2 Å². The minimum absolute atomic E-state index is 0.263. The van der Waals surface area contributed by atoms with Crippen LogP contribution >= 0.6 is 11.6 Å². The number of nitrogens with zero attached hydrogens (tertiary/aromatic N) is 2. The van der Waals surface area contributed by atoms with Crippen LogP contribution in [0.25, 0.3) is 0 Å². The predicted molar refractivity (Wildman–Crippen MR) is 34.3 cm³/mol. The normalized spacial score (nSPS) is 10.8. The van der Waals surface area contributed by atoms with Crippen molar-refractivity contribution in [1.29, 1.82) is 10.5 Å². The van der Waals surface area contributed by atoms with Crippen molar-refractivity contribution >= 4 is 11.6 Å². The van der Waals surface area contributed by atoms with Crippen molar-refractivity contribution < 1.29 is 0 Å². The first-order chi connectivity index (χ1) is 4.31. The fraction of sp³-hybridized carbons (Fsp3) is 0. The Kier molecular flexibility index (Phi) is 4.22. The lowest BCUT2D eigenvalue weighted by Gasteiger charge is -1.75. The summed E-state index contributed by atoms with van der Waals surface area (Å²) in [5.74, 6) is 0. The Balaban J connectivity index is 3.98.